The SMILES string of the molecule is Nn1c(SCC(=O)Nc2ccc(F)c(Cl)c2)nnc1-c1ccccn1. The molecule has 0 unspecified atom stereocenters. The molecule has 0 radical (unpaired) electrons. The maximum Gasteiger partial charge on any atom is 0.234 e. The minimum absolute atomic E-state index is 0.0482. The number of anilines is 1. The smallest absolute Gasteiger partial charge is 0.234 e. The highest BCUT2D eigenvalue weighted by atomic mass is 35.5. The Morgan fingerprint density at radius 1 is 1.32 bits per heavy atom. The Hall–Kier alpha value is -2.65. The number of carbonyl (C=O) groups excluding carboxylic acids is 1. The Labute approximate surface area is 151 Å². The van der Waals surface area contributed by atoms with E-state index in [9.17, 15) is 9.18 Å². The van der Waals surface area contributed by atoms with Crippen molar-refractivity contribution in [2.45, 2.75) is 5.16 Å². The molecule has 3 aromatic rings. The van der Waals surface area contributed by atoms with Crippen LogP contribution in [0.2, 0.25) is 5.02 Å². The number of pyridine rings is 1. The summed E-state index contributed by atoms with van der Waals surface area (Å²) in [6.07, 6.45) is 1.62. The zero-order chi connectivity index (χ0) is 17.8. The van der Waals surface area contributed by atoms with Gasteiger partial charge in [-0.3, -0.25) is 9.78 Å². The van der Waals surface area contributed by atoms with Crippen LogP contribution >= 0.6 is 23.4 Å². The topological polar surface area (TPSA) is 98.7 Å². The molecular weight excluding hydrogens is 367 g/mol. The Morgan fingerprint density at radius 2 is 2.16 bits per heavy atom. The van der Waals surface area contributed by atoms with Crippen LogP contribution in [-0.2, 0) is 4.79 Å². The van der Waals surface area contributed by atoms with E-state index in [1.165, 1.54) is 22.9 Å². The first-order chi connectivity index (χ1) is 12.0. The fraction of sp³-hybridized carbons (Fsp3) is 0.0667. The average molecular weight is 379 g/mol. The van der Waals surface area contributed by atoms with Gasteiger partial charge in [0.25, 0.3) is 0 Å². The van der Waals surface area contributed by atoms with Crippen LogP contribution in [0.15, 0.2) is 47.8 Å². The summed E-state index contributed by atoms with van der Waals surface area (Å²) in [7, 11) is 0. The van der Waals surface area contributed by atoms with Gasteiger partial charge in [0.15, 0.2) is 0 Å². The second-order valence-corrected chi connectivity index (χ2v) is 6.21. The van der Waals surface area contributed by atoms with Gasteiger partial charge < -0.3 is 11.2 Å². The first-order valence-electron chi connectivity index (χ1n) is 7.04. The molecular formula is C15H12ClFN6OS. The number of hydrogen-bond donors (Lipinski definition) is 2. The van der Waals surface area contributed by atoms with Crippen LogP contribution in [0.5, 0.6) is 0 Å². The molecule has 1 aromatic carbocycles. The van der Waals surface area contributed by atoms with E-state index < -0.39 is 5.82 Å². The van der Waals surface area contributed by atoms with Gasteiger partial charge in [-0.05, 0) is 30.3 Å². The Bertz CT molecular complexity index is 904. The van der Waals surface area contributed by atoms with E-state index in [1.54, 1.807) is 18.3 Å². The van der Waals surface area contributed by atoms with E-state index in [-0.39, 0.29) is 16.7 Å². The lowest BCUT2D eigenvalue weighted by Crippen LogP contribution is -2.16. The second kappa shape index (κ2) is 7.49. The molecule has 1 amide bonds. The molecule has 2 aromatic heterocycles. The molecule has 10 heteroatoms. The van der Waals surface area contributed by atoms with Crippen molar-refractivity contribution in [2.75, 3.05) is 16.9 Å². The molecule has 128 valence electrons. The van der Waals surface area contributed by atoms with Gasteiger partial charge in [-0.1, -0.05) is 29.4 Å². The van der Waals surface area contributed by atoms with Crippen LogP contribution < -0.4 is 11.2 Å². The standard InChI is InChI=1S/C15H12ClFN6OS/c16-10-7-9(4-5-11(10)17)20-13(24)8-25-15-22-21-14(23(15)18)12-3-1-2-6-19-12/h1-7H,8,18H2,(H,20,24). The number of halogens is 2. The fourth-order valence-electron chi connectivity index (χ4n) is 1.95. The first-order valence-corrected chi connectivity index (χ1v) is 8.40. The number of rotatable bonds is 5. The Balaban J connectivity index is 1.63. The third-order valence-corrected chi connectivity index (χ3v) is 4.33. The normalized spacial score (nSPS) is 10.6. The number of nitrogens with two attached hydrogens (primary N) is 1. The van der Waals surface area contributed by atoms with Crippen molar-refractivity contribution in [3.63, 3.8) is 0 Å². The maximum absolute atomic E-state index is 13.1. The average Bonchev–Trinajstić information content (AvgIpc) is 2.98. The summed E-state index contributed by atoms with van der Waals surface area (Å²) in [6.45, 7) is 0. The third-order valence-electron chi connectivity index (χ3n) is 3.09. The third kappa shape index (κ3) is 4.06. The molecule has 0 atom stereocenters. The summed E-state index contributed by atoms with van der Waals surface area (Å²) in [5, 5.41) is 10.9. The number of thioether (sulfide) groups is 1. The molecule has 2 heterocycles. The summed E-state index contributed by atoms with van der Waals surface area (Å²) >= 11 is 6.79. The van der Waals surface area contributed by atoms with Crippen LogP contribution in [0.1, 0.15) is 0 Å². The van der Waals surface area contributed by atoms with Crippen LogP contribution in [-0.4, -0.2) is 31.5 Å². The Kier molecular flexibility index (Phi) is 5.15. The molecule has 0 saturated heterocycles. The van der Waals surface area contributed by atoms with Gasteiger partial charge in [-0.2, -0.15) is 0 Å². The van der Waals surface area contributed by atoms with Gasteiger partial charge in [0.1, 0.15) is 11.5 Å². The van der Waals surface area contributed by atoms with E-state index in [1.807, 2.05) is 6.07 Å². The lowest BCUT2D eigenvalue weighted by Gasteiger charge is -2.06. The van der Waals surface area contributed by atoms with Crippen LogP contribution in [0.3, 0.4) is 0 Å². The second-order valence-electron chi connectivity index (χ2n) is 4.86. The summed E-state index contributed by atoms with van der Waals surface area (Å²) in [5.41, 5.74) is 0.982. The minimum Gasteiger partial charge on any atom is -0.335 e. The number of nitrogen functional groups attached to an aromatic ring is 1. The molecule has 0 aliphatic carbocycles. The van der Waals surface area contributed by atoms with Gasteiger partial charge in [-0.25, -0.2) is 9.07 Å². The molecule has 25 heavy (non-hydrogen) atoms. The molecule has 0 fully saturated rings. The van der Waals surface area contributed by atoms with Gasteiger partial charge in [0.05, 0.1) is 10.8 Å². The largest absolute Gasteiger partial charge is 0.335 e. The highest BCUT2D eigenvalue weighted by Gasteiger charge is 2.14. The van der Waals surface area contributed by atoms with E-state index >= 15 is 0 Å². The molecule has 3 N–H and O–H groups in total. The molecule has 0 aliphatic rings. The monoisotopic (exact) mass is 378 g/mol. The summed E-state index contributed by atoms with van der Waals surface area (Å²) in [6, 6.07) is 9.29. The molecule has 0 bridgehead atoms. The van der Waals surface area contributed by atoms with Crippen molar-refractivity contribution in [1.82, 2.24) is 19.9 Å². The van der Waals surface area contributed by atoms with E-state index in [0.717, 1.165) is 11.8 Å². The van der Waals surface area contributed by atoms with Crippen molar-refractivity contribution < 1.29 is 9.18 Å². The van der Waals surface area contributed by atoms with Gasteiger partial charge in [0.2, 0.25) is 16.9 Å². The van der Waals surface area contributed by atoms with E-state index in [0.29, 0.717) is 22.4 Å². The maximum atomic E-state index is 13.1. The van der Waals surface area contributed by atoms with Crippen LogP contribution in [0.4, 0.5) is 10.1 Å². The molecule has 0 spiro atoms. The lowest BCUT2D eigenvalue weighted by atomic mass is 10.3. The first kappa shape index (κ1) is 17.2. The highest BCUT2D eigenvalue weighted by Crippen LogP contribution is 2.22. The molecule has 0 saturated carbocycles. The number of nitrogens with zero attached hydrogens (tertiary/aromatic N) is 4. The summed E-state index contributed by atoms with van der Waals surface area (Å²) in [5.74, 6) is 5.54. The van der Waals surface area contributed by atoms with Crippen LogP contribution in [0.25, 0.3) is 11.5 Å². The number of benzene rings is 1. The molecule has 0 aliphatic heterocycles. The minimum atomic E-state index is -0.549. The van der Waals surface area contributed by atoms with Crippen LogP contribution in [0, 0.1) is 5.82 Å². The lowest BCUT2D eigenvalue weighted by molar-refractivity contribution is -0.113. The number of nitrogens with one attached hydrogen (secondary N) is 1. The number of hydrogen-bond acceptors (Lipinski definition) is 6. The zero-order valence-electron chi connectivity index (χ0n) is 12.7. The van der Waals surface area contributed by atoms with Crippen molar-refractivity contribution in [2.24, 2.45) is 0 Å². The highest BCUT2D eigenvalue weighted by molar-refractivity contribution is 7.99. The quantitative estimate of drug-likeness (QED) is 0.523. The predicted molar refractivity (Wildman–Crippen MR) is 94.2 cm³/mol. The number of aromatic nitrogens is 4. The van der Waals surface area contributed by atoms with Gasteiger partial charge in [-0.15, -0.1) is 10.2 Å². The zero-order valence-corrected chi connectivity index (χ0v) is 14.3. The van der Waals surface area contributed by atoms with Crippen molar-refractivity contribution >= 4 is 35.0 Å². The Morgan fingerprint density at radius 3 is 2.88 bits per heavy atom. The molecule has 3 rings (SSSR count). The van der Waals surface area contributed by atoms with E-state index in [2.05, 4.69) is 20.5 Å². The van der Waals surface area contributed by atoms with Gasteiger partial charge in [0, 0.05) is 11.9 Å². The summed E-state index contributed by atoms with van der Waals surface area (Å²) in [4.78, 5) is 16.1. The molecule has 7 nitrogen and oxygen atoms in total. The number of amides is 1. The predicted octanol–water partition coefficient (Wildman–Crippen LogP) is 2.58. The fourth-order valence-corrected chi connectivity index (χ4v) is 2.78. The van der Waals surface area contributed by atoms with Gasteiger partial charge >= 0.3 is 0 Å². The summed E-state index contributed by atoms with van der Waals surface area (Å²) < 4.78 is 14.4. The van der Waals surface area contributed by atoms with Crippen molar-refractivity contribution in [3.05, 3.63) is 53.4 Å². The van der Waals surface area contributed by atoms with E-state index in [4.69, 9.17) is 17.4 Å². The van der Waals surface area contributed by atoms with Crippen molar-refractivity contribution in [1.29, 1.82) is 0 Å². The number of carbonyl (C=O) groups is 1. The van der Waals surface area contributed by atoms with Crippen molar-refractivity contribution in [3.8, 4) is 11.5 Å².